The molecule has 0 saturated heterocycles. The zero-order chi connectivity index (χ0) is 21.0. The van der Waals surface area contributed by atoms with Gasteiger partial charge in [-0.15, -0.1) is 11.3 Å². The maximum atomic E-state index is 12.5. The summed E-state index contributed by atoms with van der Waals surface area (Å²) < 4.78 is 5.57. The van der Waals surface area contributed by atoms with Crippen molar-refractivity contribution < 1.29 is 19.4 Å². The summed E-state index contributed by atoms with van der Waals surface area (Å²) in [6.07, 6.45) is 0. The number of thiazole rings is 1. The Morgan fingerprint density at radius 2 is 1.79 bits per heavy atom. The average Bonchev–Trinajstić information content (AvgIpc) is 3.16. The Bertz CT molecular complexity index is 1070. The predicted molar refractivity (Wildman–Crippen MR) is 106 cm³/mol. The molecule has 0 radical (unpaired) electrons. The molecular formula is C18H14N4O6S. The fourth-order valence-electron chi connectivity index (χ4n) is 2.52. The maximum Gasteiger partial charge on any atom is 0.277 e. The van der Waals surface area contributed by atoms with E-state index in [0.29, 0.717) is 18.1 Å². The van der Waals surface area contributed by atoms with Crippen molar-refractivity contribution in [2.45, 2.75) is 6.92 Å². The lowest BCUT2D eigenvalue weighted by atomic mass is 10.1. The molecule has 0 bridgehead atoms. The Morgan fingerprint density at radius 3 is 2.41 bits per heavy atom. The van der Waals surface area contributed by atoms with Gasteiger partial charge in [-0.05, 0) is 19.1 Å². The second kappa shape index (κ2) is 8.44. The topological polar surface area (TPSA) is 138 Å². The third-order valence-electron chi connectivity index (χ3n) is 3.77. The van der Waals surface area contributed by atoms with Crippen LogP contribution in [0, 0.1) is 20.2 Å². The molecule has 1 aromatic heterocycles. The van der Waals surface area contributed by atoms with E-state index in [9.17, 15) is 25.0 Å². The minimum Gasteiger partial charge on any atom is -0.493 e. The van der Waals surface area contributed by atoms with Crippen LogP contribution in [0.15, 0.2) is 47.8 Å². The largest absolute Gasteiger partial charge is 0.493 e. The first-order valence-corrected chi connectivity index (χ1v) is 9.20. The van der Waals surface area contributed by atoms with Gasteiger partial charge < -0.3 is 4.74 Å². The Morgan fingerprint density at radius 1 is 1.14 bits per heavy atom. The number of nitro benzene ring substituents is 2. The SMILES string of the molecule is CCOc1ccccc1-c1csc(NC(=O)c2cc([N+](=O)[O-])cc([N+](=O)[O-])c2)n1. The maximum absolute atomic E-state index is 12.5. The highest BCUT2D eigenvalue weighted by molar-refractivity contribution is 7.14. The van der Waals surface area contributed by atoms with Crippen LogP contribution in [0.2, 0.25) is 0 Å². The van der Waals surface area contributed by atoms with Gasteiger partial charge in [0.15, 0.2) is 5.13 Å². The number of benzene rings is 2. The van der Waals surface area contributed by atoms with Gasteiger partial charge in [-0.3, -0.25) is 30.3 Å². The van der Waals surface area contributed by atoms with Crippen molar-refractivity contribution in [2.75, 3.05) is 11.9 Å². The van der Waals surface area contributed by atoms with Gasteiger partial charge >= 0.3 is 0 Å². The number of aromatic nitrogens is 1. The first-order chi connectivity index (χ1) is 13.9. The van der Waals surface area contributed by atoms with Crippen LogP contribution in [0.25, 0.3) is 11.3 Å². The van der Waals surface area contributed by atoms with E-state index in [1.807, 2.05) is 25.1 Å². The van der Waals surface area contributed by atoms with Gasteiger partial charge in [0.1, 0.15) is 5.75 Å². The molecule has 0 unspecified atom stereocenters. The number of rotatable bonds is 7. The van der Waals surface area contributed by atoms with Gasteiger partial charge in [0.25, 0.3) is 17.3 Å². The summed E-state index contributed by atoms with van der Waals surface area (Å²) in [6.45, 7) is 2.35. The predicted octanol–water partition coefficient (Wildman–Crippen LogP) is 4.28. The standard InChI is InChI=1S/C18H14N4O6S/c1-2-28-16-6-4-3-5-14(16)15-10-29-18(19-15)20-17(23)11-7-12(21(24)25)9-13(8-11)22(26)27/h3-10H,2H2,1H3,(H,19,20,23). The molecule has 10 nitrogen and oxygen atoms in total. The van der Waals surface area contributed by atoms with Gasteiger partial charge in [0.2, 0.25) is 0 Å². The van der Waals surface area contributed by atoms with Gasteiger partial charge in [-0.1, -0.05) is 12.1 Å². The van der Waals surface area contributed by atoms with Gasteiger partial charge in [0, 0.05) is 23.1 Å². The third kappa shape index (κ3) is 4.52. The molecule has 1 heterocycles. The van der Waals surface area contributed by atoms with Crippen LogP contribution in [0.4, 0.5) is 16.5 Å². The average molecular weight is 414 g/mol. The number of amides is 1. The number of nitrogens with zero attached hydrogens (tertiary/aromatic N) is 3. The molecule has 29 heavy (non-hydrogen) atoms. The number of anilines is 1. The number of non-ortho nitro benzene ring substituents is 2. The molecular weight excluding hydrogens is 400 g/mol. The van der Waals surface area contributed by atoms with Crippen LogP contribution in [0.3, 0.4) is 0 Å². The highest BCUT2D eigenvalue weighted by Crippen LogP contribution is 2.32. The lowest BCUT2D eigenvalue weighted by molar-refractivity contribution is -0.394. The van der Waals surface area contributed by atoms with E-state index in [1.165, 1.54) is 0 Å². The molecule has 11 heteroatoms. The molecule has 0 fully saturated rings. The summed E-state index contributed by atoms with van der Waals surface area (Å²) in [5.41, 5.74) is 0.0264. The van der Waals surface area contributed by atoms with Crippen molar-refractivity contribution in [1.82, 2.24) is 4.98 Å². The fraction of sp³-hybridized carbons (Fsp3) is 0.111. The molecule has 148 valence electrons. The van der Waals surface area contributed by atoms with Crippen molar-refractivity contribution in [2.24, 2.45) is 0 Å². The molecule has 2 aromatic carbocycles. The lowest BCUT2D eigenvalue weighted by Crippen LogP contribution is -2.12. The van der Waals surface area contributed by atoms with Crippen LogP contribution in [-0.4, -0.2) is 27.3 Å². The fourth-order valence-corrected chi connectivity index (χ4v) is 3.23. The summed E-state index contributed by atoms with van der Waals surface area (Å²) in [6, 6.07) is 10.0. The molecule has 1 N–H and O–H groups in total. The monoisotopic (exact) mass is 414 g/mol. The van der Waals surface area contributed by atoms with Crippen molar-refractivity contribution in [1.29, 1.82) is 0 Å². The molecule has 3 aromatic rings. The zero-order valence-corrected chi connectivity index (χ0v) is 15.8. The van der Waals surface area contributed by atoms with Crippen molar-refractivity contribution >= 4 is 33.8 Å². The number of nitrogens with one attached hydrogen (secondary N) is 1. The molecule has 0 aliphatic heterocycles. The number of ether oxygens (including phenoxy) is 1. The van der Waals surface area contributed by atoms with Crippen LogP contribution in [0.1, 0.15) is 17.3 Å². The van der Waals surface area contributed by atoms with Gasteiger partial charge in [0.05, 0.1) is 33.8 Å². The Balaban J connectivity index is 1.86. The number of hydrogen-bond donors (Lipinski definition) is 1. The van der Waals surface area contributed by atoms with E-state index < -0.39 is 27.1 Å². The second-order valence-corrected chi connectivity index (χ2v) is 6.53. The Hall–Kier alpha value is -3.86. The van der Waals surface area contributed by atoms with Crippen molar-refractivity contribution in [3.63, 3.8) is 0 Å². The number of carbonyl (C=O) groups excluding carboxylic acids is 1. The summed E-state index contributed by atoms with van der Waals surface area (Å²) >= 11 is 1.15. The summed E-state index contributed by atoms with van der Waals surface area (Å²) in [4.78, 5) is 37.2. The number of hydrogen-bond acceptors (Lipinski definition) is 8. The smallest absolute Gasteiger partial charge is 0.277 e. The number of nitro groups is 2. The summed E-state index contributed by atoms with van der Waals surface area (Å²) in [7, 11) is 0. The minimum atomic E-state index is -0.796. The zero-order valence-electron chi connectivity index (χ0n) is 15.0. The van der Waals surface area contributed by atoms with E-state index in [2.05, 4.69) is 10.3 Å². The van der Waals surface area contributed by atoms with Gasteiger partial charge in [-0.25, -0.2) is 4.98 Å². The van der Waals surface area contributed by atoms with E-state index >= 15 is 0 Å². The minimum absolute atomic E-state index is 0.211. The molecule has 3 rings (SSSR count). The van der Waals surface area contributed by atoms with E-state index in [1.54, 1.807) is 11.4 Å². The molecule has 0 aliphatic carbocycles. The normalized spacial score (nSPS) is 10.4. The number of carbonyl (C=O) groups is 1. The van der Waals surface area contributed by atoms with Crippen LogP contribution in [-0.2, 0) is 0 Å². The lowest BCUT2D eigenvalue weighted by Gasteiger charge is -2.07. The van der Waals surface area contributed by atoms with Crippen LogP contribution >= 0.6 is 11.3 Å². The summed E-state index contributed by atoms with van der Waals surface area (Å²) in [5.74, 6) is -0.0942. The van der Waals surface area contributed by atoms with Gasteiger partial charge in [-0.2, -0.15) is 0 Å². The van der Waals surface area contributed by atoms with E-state index in [0.717, 1.165) is 35.1 Å². The highest BCUT2D eigenvalue weighted by atomic mass is 32.1. The Labute approximate surface area is 168 Å². The molecule has 0 spiro atoms. The van der Waals surface area contributed by atoms with Crippen molar-refractivity contribution in [3.8, 4) is 17.0 Å². The second-order valence-electron chi connectivity index (χ2n) is 5.67. The van der Waals surface area contributed by atoms with Crippen molar-refractivity contribution in [3.05, 3.63) is 73.6 Å². The van der Waals surface area contributed by atoms with Crippen LogP contribution < -0.4 is 10.1 Å². The molecule has 0 saturated carbocycles. The van der Waals surface area contributed by atoms with E-state index in [4.69, 9.17) is 4.74 Å². The molecule has 0 aliphatic rings. The Kier molecular flexibility index (Phi) is 5.79. The molecule has 1 amide bonds. The quantitative estimate of drug-likeness (QED) is 0.450. The van der Waals surface area contributed by atoms with Crippen LogP contribution in [0.5, 0.6) is 5.75 Å². The first kappa shape index (κ1) is 19.9. The highest BCUT2D eigenvalue weighted by Gasteiger charge is 2.21. The summed E-state index contributed by atoms with van der Waals surface area (Å²) in [5, 5.41) is 26.4. The third-order valence-corrected chi connectivity index (χ3v) is 4.53. The molecule has 0 atom stereocenters. The van der Waals surface area contributed by atoms with E-state index in [-0.39, 0.29) is 10.7 Å². The number of para-hydroxylation sites is 1. The first-order valence-electron chi connectivity index (χ1n) is 8.32.